The van der Waals surface area contributed by atoms with Crippen molar-refractivity contribution >= 4 is 29.9 Å². The summed E-state index contributed by atoms with van der Waals surface area (Å²) in [5, 5.41) is 6.51. The molecule has 1 heterocycles. The summed E-state index contributed by atoms with van der Waals surface area (Å²) in [7, 11) is 3.37. The minimum Gasteiger partial charge on any atom is -0.493 e. The molecule has 0 aromatic heterocycles. The monoisotopic (exact) mass is 462 g/mol. The van der Waals surface area contributed by atoms with E-state index in [4.69, 9.17) is 9.47 Å². The molecule has 1 aliphatic rings. The normalized spacial score (nSPS) is 13.3. The zero-order chi connectivity index (χ0) is 17.4. The number of methoxy groups -OCH3 is 2. The zero-order valence-corrected chi connectivity index (χ0v) is 18.1. The Morgan fingerprint density at radius 1 is 1.08 bits per heavy atom. The van der Waals surface area contributed by atoms with Crippen LogP contribution in [0.2, 0.25) is 0 Å². The number of benzene rings is 1. The maximum Gasteiger partial charge on any atom is 0.191 e. The fourth-order valence-electron chi connectivity index (χ4n) is 2.94. The summed E-state index contributed by atoms with van der Waals surface area (Å²) in [5.41, 5.74) is 2.68. The summed E-state index contributed by atoms with van der Waals surface area (Å²) in [6, 6.07) is 4.21. The molecule has 0 saturated heterocycles. The van der Waals surface area contributed by atoms with Gasteiger partial charge in [-0.3, -0.25) is 9.89 Å². The second kappa shape index (κ2) is 11.4. The van der Waals surface area contributed by atoms with Crippen LogP contribution in [0.5, 0.6) is 11.5 Å². The van der Waals surface area contributed by atoms with Gasteiger partial charge in [-0.25, -0.2) is 0 Å². The van der Waals surface area contributed by atoms with Crippen molar-refractivity contribution < 1.29 is 9.47 Å². The van der Waals surface area contributed by atoms with E-state index in [9.17, 15) is 0 Å². The van der Waals surface area contributed by atoms with Gasteiger partial charge < -0.3 is 20.1 Å². The maximum atomic E-state index is 5.42. The number of fused-ring (bicyclic) bond motifs is 1. The molecule has 0 spiro atoms. The van der Waals surface area contributed by atoms with E-state index < -0.39 is 0 Å². The lowest BCUT2D eigenvalue weighted by Gasteiger charge is -2.29. The van der Waals surface area contributed by atoms with Gasteiger partial charge in [0.15, 0.2) is 17.5 Å². The first kappa shape index (κ1) is 21.8. The summed E-state index contributed by atoms with van der Waals surface area (Å²) in [5.74, 6) is 2.51. The Kier molecular flexibility index (Phi) is 9.96. The molecule has 142 valence electrons. The molecule has 0 bridgehead atoms. The van der Waals surface area contributed by atoms with Crippen molar-refractivity contribution in [1.29, 1.82) is 0 Å². The minimum atomic E-state index is 0. The Morgan fingerprint density at radius 2 is 1.68 bits per heavy atom. The number of nitrogens with zero attached hydrogens (tertiary/aromatic N) is 2. The van der Waals surface area contributed by atoms with Crippen molar-refractivity contribution in [3.8, 4) is 11.5 Å². The zero-order valence-electron chi connectivity index (χ0n) is 15.7. The van der Waals surface area contributed by atoms with Crippen molar-refractivity contribution in [2.45, 2.75) is 26.8 Å². The van der Waals surface area contributed by atoms with E-state index in [1.54, 1.807) is 14.2 Å². The maximum absolute atomic E-state index is 5.42. The fourth-order valence-corrected chi connectivity index (χ4v) is 2.94. The summed E-state index contributed by atoms with van der Waals surface area (Å²) in [4.78, 5) is 7.06. The number of halogens is 1. The Balaban J connectivity index is 0.00000312. The summed E-state index contributed by atoms with van der Waals surface area (Å²) in [6.07, 6.45) is 1.03. The van der Waals surface area contributed by atoms with E-state index in [0.29, 0.717) is 0 Å². The molecule has 0 unspecified atom stereocenters. The predicted molar refractivity (Wildman–Crippen MR) is 114 cm³/mol. The first-order valence-corrected chi connectivity index (χ1v) is 8.70. The third-order valence-corrected chi connectivity index (χ3v) is 4.17. The van der Waals surface area contributed by atoms with Crippen LogP contribution in [-0.4, -0.2) is 57.8 Å². The molecule has 0 atom stereocenters. The number of rotatable bonds is 7. The highest BCUT2D eigenvalue weighted by Crippen LogP contribution is 2.33. The van der Waals surface area contributed by atoms with E-state index in [0.717, 1.165) is 63.1 Å². The predicted octanol–water partition coefficient (Wildman–Crippen LogP) is 2.25. The summed E-state index contributed by atoms with van der Waals surface area (Å²) < 4.78 is 10.8. The van der Waals surface area contributed by atoms with Crippen molar-refractivity contribution in [3.05, 3.63) is 23.3 Å². The quantitative estimate of drug-likeness (QED) is 0.370. The molecule has 0 fully saturated rings. The van der Waals surface area contributed by atoms with Crippen LogP contribution in [0.25, 0.3) is 0 Å². The van der Waals surface area contributed by atoms with Crippen LogP contribution >= 0.6 is 24.0 Å². The minimum absolute atomic E-state index is 0. The van der Waals surface area contributed by atoms with Crippen LogP contribution < -0.4 is 20.1 Å². The van der Waals surface area contributed by atoms with Gasteiger partial charge in [0.2, 0.25) is 0 Å². The van der Waals surface area contributed by atoms with E-state index in [1.807, 2.05) is 0 Å². The largest absolute Gasteiger partial charge is 0.493 e. The molecule has 2 N–H and O–H groups in total. The standard InChI is InChI=1S/C18H30N4O2.HI/c1-5-19-18(20-6-2)21-8-10-22-9-7-14-11-16(23-3)17(24-4)12-15(14)13-22;/h11-12H,5-10,13H2,1-4H3,(H2,19,20,21);1H. The first-order valence-electron chi connectivity index (χ1n) is 8.70. The third-order valence-electron chi connectivity index (χ3n) is 4.17. The van der Waals surface area contributed by atoms with Crippen LogP contribution in [0.4, 0.5) is 0 Å². The van der Waals surface area contributed by atoms with Crippen molar-refractivity contribution in [2.75, 3.05) is 46.9 Å². The summed E-state index contributed by atoms with van der Waals surface area (Å²) in [6.45, 7) is 9.64. The van der Waals surface area contributed by atoms with Gasteiger partial charge in [-0.15, -0.1) is 24.0 Å². The fraction of sp³-hybridized carbons (Fsp3) is 0.611. The SMILES string of the molecule is CCNC(=NCCN1CCc2cc(OC)c(OC)cc2C1)NCC.I. The smallest absolute Gasteiger partial charge is 0.191 e. The van der Waals surface area contributed by atoms with Crippen LogP contribution in [0.15, 0.2) is 17.1 Å². The third kappa shape index (κ3) is 6.22. The second-order valence-electron chi connectivity index (χ2n) is 5.79. The molecular weight excluding hydrogens is 431 g/mol. The van der Waals surface area contributed by atoms with Crippen molar-refractivity contribution in [1.82, 2.24) is 15.5 Å². The van der Waals surface area contributed by atoms with Gasteiger partial charge in [0.1, 0.15) is 0 Å². The molecule has 1 aromatic carbocycles. The lowest BCUT2D eigenvalue weighted by atomic mass is 9.99. The van der Waals surface area contributed by atoms with Gasteiger partial charge >= 0.3 is 0 Å². The van der Waals surface area contributed by atoms with Gasteiger partial charge in [0.25, 0.3) is 0 Å². The molecule has 0 aliphatic carbocycles. The molecule has 6 nitrogen and oxygen atoms in total. The topological polar surface area (TPSA) is 58.1 Å². The average Bonchev–Trinajstić information content (AvgIpc) is 2.60. The highest BCUT2D eigenvalue weighted by atomic mass is 127. The van der Waals surface area contributed by atoms with Crippen molar-refractivity contribution in [2.24, 2.45) is 4.99 Å². The molecular formula is C18H31IN4O2. The van der Waals surface area contributed by atoms with E-state index in [-0.39, 0.29) is 24.0 Å². The van der Waals surface area contributed by atoms with Crippen LogP contribution in [0.3, 0.4) is 0 Å². The number of hydrogen-bond acceptors (Lipinski definition) is 4. The molecule has 25 heavy (non-hydrogen) atoms. The van der Waals surface area contributed by atoms with Gasteiger partial charge in [-0.2, -0.15) is 0 Å². The van der Waals surface area contributed by atoms with E-state index >= 15 is 0 Å². The number of aliphatic imine (C=N–C) groups is 1. The van der Waals surface area contributed by atoms with Gasteiger partial charge in [0.05, 0.1) is 20.8 Å². The number of nitrogens with one attached hydrogen (secondary N) is 2. The second-order valence-corrected chi connectivity index (χ2v) is 5.79. The molecule has 0 saturated carbocycles. The average molecular weight is 462 g/mol. The highest BCUT2D eigenvalue weighted by molar-refractivity contribution is 14.0. The lowest BCUT2D eigenvalue weighted by molar-refractivity contribution is 0.260. The summed E-state index contributed by atoms with van der Waals surface area (Å²) >= 11 is 0. The van der Waals surface area contributed by atoms with E-state index in [2.05, 4.69) is 46.5 Å². The molecule has 7 heteroatoms. The molecule has 0 amide bonds. The van der Waals surface area contributed by atoms with Gasteiger partial charge in [-0.1, -0.05) is 0 Å². The number of guanidine groups is 1. The molecule has 1 aliphatic heterocycles. The number of ether oxygens (including phenoxy) is 2. The number of hydrogen-bond donors (Lipinski definition) is 2. The van der Waals surface area contributed by atoms with Crippen LogP contribution in [-0.2, 0) is 13.0 Å². The Labute approximate surface area is 168 Å². The Bertz CT molecular complexity index is 558. The highest BCUT2D eigenvalue weighted by Gasteiger charge is 2.19. The molecule has 2 rings (SSSR count). The molecule has 0 radical (unpaired) electrons. The molecule has 1 aromatic rings. The van der Waals surface area contributed by atoms with Gasteiger partial charge in [-0.05, 0) is 43.5 Å². The van der Waals surface area contributed by atoms with Gasteiger partial charge in [0, 0.05) is 32.7 Å². The van der Waals surface area contributed by atoms with Crippen LogP contribution in [0, 0.1) is 0 Å². The lowest BCUT2D eigenvalue weighted by Crippen LogP contribution is -2.38. The van der Waals surface area contributed by atoms with Crippen molar-refractivity contribution in [3.63, 3.8) is 0 Å². The van der Waals surface area contributed by atoms with E-state index in [1.165, 1.54) is 11.1 Å². The Hall–Kier alpha value is -1.22. The Morgan fingerprint density at radius 3 is 2.24 bits per heavy atom. The first-order chi connectivity index (χ1) is 11.7. The van der Waals surface area contributed by atoms with Crippen LogP contribution in [0.1, 0.15) is 25.0 Å².